The Labute approximate surface area is 171 Å². The molecule has 0 bridgehead atoms. The Bertz CT molecular complexity index is 180. The number of aliphatic hydroxyl groups is 3. The minimum Gasteiger partial charge on any atom is -0.394 e. The van der Waals surface area contributed by atoms with E-state index in [0.717, 1.165) is 13.0 Å². The molecule has 0 aliphatic rings. The zero-order valence-electron chi connectivity index (χ0n) is 16.1. The summed E-state index contributed by atoms with van der Waals surface area (Å²) in [6.07, 6.45) is 1.04. The van der Waals surface area contributed by atoms with E-state index >= 15 is 0 Å². The van der Waals surface area contributed by atoms with Crippen molar-refractivity contribution in [3.05, 3.63) is 0 Å². The van der Waals surface area contributed by atoms with E-state index in [1.807, 2.05) is 0 Å². The van der Waals surface area contributed by atoms with Crippen LogP contribution < -0.4 is 0 Å². The van der Waals surface area contributed by atoms with Crippen LogP contribution in [0.25, 0.3) is 0 Å². The molecule has 9 heteroatoms. The van der Waals surface area contributed by atoms with Crippen molar-refractivity contribution in [1.29, 1.82) is 0 Å². The summed E-state index contributed by atoms with van der Waals surface area (Å²) in [6.45, 7) is 8.45. The van der Waals surface area contributed by atoms with E-state index in [0.29, 0.717) is 72.7 Å². The van der Waals surface area contributed by atoms with Gasteiger partial charge in [-0.1, -0.05) is 21.8 Å². The van der Waals surface area contributed by atoms with Crippen LogP contribution in [0.4, 0.5) is 0 Å². The molecular formula is C19H46O9. The van der Waals surface area contributed by atoms with Gasteiger partial charge in [-0.2, -0.15) is 0 Å². The van der Waals surface area contributed by atoms with Crippen LogP contribution in [0.3, 0.4) is 0 Å². The van der Waals surface area contributed by atoms with Gasteiger partial charge in [0.25, 0.3) is 0 Å². The van der Waals surface area contributed by atoms with Gasteiger partial charge in [0.1, 0.15) is 0 Å². The highest BCUT2D eigenvalue weighted by Crippen LogP contribution is 1.83. The molecule has 0 atom stereocenters. The normalized spacial score (nSPS) is 9.86. The van der Waals surface area contributed by atoms with Gasteiger partial charge in [0, 0.05) is 6.61 Å². The van der Waals surface area contributed by atoms with Gasteiger partial charge in [0.15, 0.2) is 0 Å². The summed E-state index contributed by atoms with van der Waals surface area (Å²) in [5, 5.41) is 25.1. The maximum atomic E-state index is 8.38. The molecule has 0 aromatic rings. The van der Waals surface area contributed by atoms with Gasteiger partial charge >= 0.3 is 0 Å². The molecule has 0 radical (unpaired) electrons. The Morgan fingerprint density at radius 1 is 0.393 bits per heavy atom. The van der Waals surface area contributed by atoms with Crippen molar-refractivity contribution in [2.75, 3.05) is 99.1 Å². The molecule has 3 N–H and O–H groups in total. The topological polar surface area (TPSA) is 116 Å². The second-order valence-corrected chi connectivity index (χ2v) is 4.85. The van der Waals surface area contributed by atoms with Crippen LogP contribution in [-0.4, -0.2) is 114 Å². The Morgan fingerprint density at radius 2 is 0.607 bits per heavy atom. The highest BCUT2D eigenvalue weighted by atomic mass is 16.6. The number of rotatable bonds is 20. The molecule has 9 nitrogen and oxygen atoms in total. The molecular weight excluding hydrogens is 372 g/mol. The lowest BCUT2D eigenvalue weighted by Gasteiger charge is -2.05. The molecule has 0 rings (SSSR count). The van der Waals surface area contributed by atoms with Crippen molar-refractivity contribution in [3.8, 4) is 0 Å². The summed E-state index contributed by atoms with van der Waals surface area (Å²) in [6, 6.07) is 0. The third-order valence-electron chi connectivity index (χ3n) is 2.54. The molecule has 0 spiro atoms. The van der Waals surface area contributed by atoms with Crippen molar-refractivity contribution < 1.29 is 43.7 Å². The molecule has 176 valence electrons. The van der Waals surface area contributed by atoms with Gasteiger partial charge in [-0.05, 0) is 6.42 Å². The fourth-order valence-corrected chi connectivity index (χ4v) is 1.42. The lowest BCUT2D eigenvalue weighted by atomic mass is 10.5. The van der Waals surface area contributed by atoms with Gasteiger partial charge in [-0.3, -0.25) is 0 Å². The van der Waals surface area contributed by atoms with Crippen molar-refractivity contribution >= 4 is 0 Å². The van der Waals surface area contributed by atoms with Gasteiger partial charge < -0.3 is 43.7 Å². The first-order valence-corrected chi connectivity index (χ1v) is 9.12. The minimum atomic E-state index is 0. The third-order valence-corrected chi connectivity index (χ3v) is 2.54. The molecule has 0 heterocycles. The zero-order valence-corrected chi connectivity index (χ0v) is 16.1. The first-order valence-electron chi connectivity index (χ1n) is 9.12. The molecule has 0 fully saturated rings. The van der Waals surface area contributed by atoms with Gasteiger partial charge in [-0.25, -0.2) is 0 Å². The van der Waals surface area contributed by atoms with Crippen LogP contribution in [0, 0.1) is 0 Å². The monoisotopic (exact) mass is 418 g/mol. The van der Waals surface area contributed by atoms with Crippen LogP contribution in [0.5, 0.6) is 0 Å². The number of hydrogen-bond acceptors (Lipinski definition) is 9. The minimum absolute atomic E-state index is 0. The molecule has 0 aliphatic carbocycles. The Balaban J connectivity index is -0.000000192. The third kappa shape index (κ3) is 40.4. The molecule has 0 aromatic carbocycles. The van der Waals surface area contributed by atoms with Crippen LogP contribution >= 0.6 is 0 Å². The fraction of sp³-hybridized carbons (Fsp3) is 1.00. The van der Waals surface area contributed by atoms with Crippen LogP contribution in [0.15, 0.2) is 0 Å². The second kappa shape index (κ2) is 37.4. The first-order chi connectivity index (χ1) is 12.8. The quantitative estimate of drug-likeness (QED) is 0.246. The molecule has 0 aliphatic heterocycles. The number of aliphatic hydroxyl groups excluding tert-OH is 3. The fourth-order valence-electron chi connectivity index (χ4n) is 1.42. The predicted molar refractivity (Wildman–Crippen MR) is 110 cm³/mol. The van der Waals surface area contributed by atoms with E-state index in [9.17, 15) is 0 Å². The maximum absolute atomic E-state index is 8.38. The zero-order chi connectivity index (χ0) is 19.6. The smallest absolute Gasteiger partial charge is 0.0701 e. The van der Waals surface area contributed by atoms with Crippen molar-refractivity contribution in [2.24, 2.45) is 0 Å². The van der Waals surface area contributed by atoms with E-state index in [1.54, 1.807) is 0 Å². The molecule has 0 saturated heterocycles. The molecule has 0 unspecified atom stereocenters. The maximum Gasteiger partial charge on any atom is 0.0701 e. The van der Waals surface area contributed by atoms with Gasteiger partial charge in [0.2, 0.25) is 0 Å². The molecule has 0 amide bonds. The SMILES string of the molecule is C.C.CCCOCCOCCOCCO.OCCOCCOCCOCCO. The van der Waals surface area contributed by atoms with E-state index in [-0.39, 0.29) is 34.7 Å². The Hall–Kier alpha value is -0.360. The van der Waals surface area contributed by atoms with Crippen LogP contribution in [0.2, 0.25) is 0 Å². The van der Waals surface area contributed by atoms with Gasteiger partial charge in [-0.15, -0.1) is 0 Å². The largest absolute Gasteiger partial charge is 0.394 e. The number of ether oxygens (including phenoxy) is 6. The highest BCUT2D eigenvalue weighted by Gasteiger charge is 1.90. The van der Waals surface area contributed by atoms with Crippen molar-refractivity contribution in [1.82, 2.24) is 0 Å². The predicted octanol–water partition coefficient (Wildman–Crippen LogP) is 0.732. The summed E-state index contributed by atoms with van der Waals surface area (Å²) in [7, 11) is 0. The molecule has 0 aromatic heterocycles. The average Bonchev–Trinajstić information content (AvgIpc) is 2.66. The second-order valence-electron chi connectivity index (χ2n) is 4.85. The summed E-state index contributed by atoms with van der Waals surface area (Å²) in [4.78, 5) is 0. The van der Waals surface area contributed by atoms with Crippen molar-refractivity contribution in [3.63, 3.8) is 0 Å². The van der Waals surface area contributed by atoms with Gasteiger partial charge in [0.05, 0.1) is 92.5 Å². The van der Waals surface area contributed by atoms with E-state index in [2.05, 4.69) is 6.92 Å². The van der Waals surface area contributed by atoms with Crippen molar-refractivity contribution in [2.45, 2.75) is 28.2 Å². The summed E-state index contributed by atoms with van der Waals surface area (Å²) >= 11 is 0. The summed E-state index contributed by atoms with van der Waals surface area (Å²) in [5.74, 6) is 0. The Kier molecular flexibility index (Phi) is 46.9. The number of hydrogen-bond donors (Lipinski definition) is 3. The van der Waals surface area contributed by atoms with Crippen LogP contribution in [0.1, 0.15) is 28.2 Å². The van der Waals surface area contributed by atoms with E-state index in [1.165, 1.54) is 0 Å². The molecule has 28 heavy (non-hydrogen) atoms. The first kappa shape index (κ1) is 35.1. The summed E-state index contributed by atoms with van der Waals surface area (Å²) in [5.41, 5.74) is 0. The lowest BCUT2D eigenvalue weighted by molar-refractivity contribution is 0.00230. The standard InChI is InChI=1S/C9H20O4.C8H18O5.2CH4/c1-2-4-11-6-8-13-9-7-12-5-3-10;9-1-3-11-5-7-13-8-6-12-4-2-10;;/h10H,2-9H2,1H3;9-10H,1-8H2;2*1H4. The van der Waals surface area contributed by atoms with E-state index in [4.69, 9.17) is 43.7 Å². The Morgan fingerprint density at radius 3 is 0.821 bits per heavy atom. The lowest BCUT2D eigenvalue weighted by Crippen LogP contribution is -2.11. The van der Waals surface area contributed by atoms with E-state index < -0.39 is 0 Å². The molecule has 0 saturated carbocycles. The van der Waals surface area contributed by atoms with Crippen LogP contribution in [-0.2, 0) is 28.4 Å². The summed E-state index contributed by atoms with van der Waals surface area (Å²) < 4.78 is 30.4. The highest BCUT2D eigenvalue weighted by molar-refractivity contribution is 4.34. The average molecular weight is 419 g/mol.